The Bertz CT molecular complexity index is 1710. The number of rotatable bonds is 7. The van der Waals surface area contributed by atoms with Crippen LogP contribution in [0.5, 0.6) is 11.5 Å². The predicted molar refractivity (Wildman–Crippen MR) is 164 cm³/mol. The highest BCUT2D eigenvalue weighted by molar-refractivity contribution is 7.16. The molecule has 3 heterocycles. The molecule has 0 saturated carbocycles. The molecule has 2 aromatic carbocycles. The molecule has 4 aromatic rings. The van der Waals surface area contributed by atoms with Gasteiger partial charge in [-0.1, -0.05) is 23.7 Å². The number of hydrogen-bond donors (Lipinski definition) is 1. The average Bonchev–Trinajstić information content (AvgIpc) is 3.57. The van der Waals surface area contributed by atoms with Crippen LogP contribution in [0, 0.1) is 11.3 Å². The fourth-order valence-electron chi connectivity index (χ4n) is 4.84. The van der Waals surface area contributed by atoms with E-state index in [1.165, 1.54) is 11.3 Å². The molecule has 2 amide bonds. The van der Waals surface area contributed by atoms with Gasteiger partial charge in [0, 0.05) is 37.6 Å². The molecule has 5 rings (SSSR count). The minimum Gasteiger partial charge on any atom is -0.489 e. The lowest BCUT2D eigenvalue weighted by molar-refractivity contribution is 0.0126. The molecule has 12 heteroatoms. The Morgan fingerprint density at radius 1 is 1.16 bits per heavy atom. The van der Waals surface area contributed by atoms with Crippen molar-refractivity contribution in [1.82, 2.24) is 14.5 Å². The number of carbonyl (C=O) groups is 2. The van der Waals surface area contributed by atoms with Crippen LogP contribution in [-0.2, 0) is 4.74 Å². The fraction of sp³-hybridized carbons (Fsp3) is 0.355. The zero-order valence-corrected chi connectivity index (χ0v) is 25.9. The largest absolute Gasteiger partial charge is 0.489 e. The van der Waals surface area contributed by atoms with E-state index in [-0.39, 0.29) is 17.1 Å². The van der Waals surface area contributed by atoms with Crippen LogP contribution in [0.3, 0.4) is 0 Å². The lowest BCUT2D eigenvalue weighted by Gasteiger charge is -2.33. The minimum absolute atomic E-state index is 0.116. The van der Waals surface area contributed by atoms with Crippen LogP contribution in [-0.4, -0.2) is 51.2 Å². The third-order valence-corrected chi connectivity index (χ3v) is 8.48. The molecule has 1 atom stereocenters. The van der Waals surface area contributed by atoms with Crippen molar-refractivity contribution in [1.29, 1.82) is 5.26 Å². The number of nitrogens with two attached hydrogens (primary N) is 1. The topological polar surface area (TPSA) is 133 Å². The van der Waals surface area contributed by atoms with E-state index in [2.05, 4.69) is 11.1 Å². The summed E-state index contributed by atoms with van der Waals surface area (Å²) in [5, 5.41) is 10.4. The molecule has 2 aromatic heterocycles. The molecule has 0 aliphatic carbocycles. The van der Waals surface area contributed by atoms with Gasteiger partial charge in [-0.05, 0) is 52.0 Å². The van der Waals surface area contributed by atoms with Gasteiger partial charge in [0.25, 0.3) is 5.91 Å². The number of halogens is 1. The Morgan fingerprint density at radius 3 is 2.58 bits per heavy atom. The number of likely N-dealkylation sites (tertiary alicyclic amines) is 1. The zero-order valence-electron chi connectivity index (χ0n) is 24.3. The van der Waals surface area contributed by atoms with E-state index in [1.54, 1.807) is 46.1 Å². The summed E-state index contributed by atoms with van der Waals surface area (Å²) in [5.74, 6) is 0.210. The van der Waals surface area contributed by atoms with Crippen LogP contribution in [0.15, 0.2) is 48.8 Å². The third kappa shape index (κ3) is 6.71. The van der Waals surface area contributed by atoms with Gasteiger partial charge in [0.1, 0.15) is 45.5 Å². The number of primary amides is 1. The van der Waals surface area contributed by atoms with Crippen molar-refractivity contribution in [2.75, 3.05) is 13.1 Å². The third-order valence-electron chi connectivity index (χ3n) is 6.94. The van der Waals surface area contributed by atoms with Crippen molar-refractivity contribution in [2.45, 2.75) is 58.3 Å². The molecule has 0 radical (unpaired) electrons. The molecule has 1 unspecified atom stereocenters. The van der Waals surface area contributed by atoms with E-state index in [9.17, 15) is 14.9 Å². The fourth-order valence-corrected chi connectivity index (χ4v) is 6.09. The maximum absolute atomic E-state index is 12.4. The molecule has 2 N–H and O–H groups in total. The second-order valence-electron chi connectivity index (χ2n) is 11.3. The first kappa shape index (κ1) is 30.2. The van der Waals surface area contributed by atoms with Crippen LogP contribution < -0.4 is 15.2 Å². The van der Waals surface area contributed by atoms with Crippen molar-refractivity contribution in [2.24, 2.45) is 5.73 Å². The van der Waals surface area contributed by atoms with Crippen molar-refractivity contribution in [3.05, 3.63) is 69.8 Å². The van der Waals surface area contributed by atoms with Gasteiger partial charge in [-0.3, -0.25) is 9.36 Å². The van der Waals surface area contributed by atoms with Crippen LogP contribution >= 0.6 is 22.9 Å². The molecule has 43 heavy (non-hydrogen) atoms. The molecule has 10 nitrogen and oxygen atoms in total. The normalized spacial score (nSPS) is 14.7. The Balaban J connectivity index is 1.31. The van der Waals surface area contributed by atoms with E-state index >= 15 is 0 Å². The number of fused-ring (bicyclic) bond motifs is 1. The van der Waals surface area contributed by atoms with E-state index in [0.29, 0.717) is 64.1 Å². The van der Waals surface area contributed by atoms with Gasteiger partial charge < -0.3 is 24.8 Å². The van der Waals surface area contributed by atoms with Gasteiger partial charge >= 0.3 is 6.09 Å². The van der Waals surface area contributed by atoms with Crippen LogP contribution in [0.25, 0.3) is 16.0 Å². The standard InChI is InChI=1S/C31H32ClN5O5S/c1-18(21-6-5-7-24(27(21)32)41-20-10-12-36(13-11-20)30(39)42-31(2,3)4)40-25-15-26(43-28(25)29(34)38)37-17-35-22-9-8-19(16-33)14-23(22)37/h5-9,14-15,17-18,20H,10-13H2,1-4H3,(H2,34,38). The van der Waals surface area contributed by atoms with Gasteiger partial charge in [0.2, 0.25) is 0 Å². The van der Waals surface area contributed by atoms with Gasteiger partial charge in [-0.2, -0.15) is 5.26 Å². The molecule has 1 aliphatic rings. The summed E-state index contributed by atoms with van der Waals surface area (Å²) >= 11 is 7.98. The average molecular weight is 622 g/mol. The second-order valence-corrected chi connectivity index (χ2v) is 12.7. The highest BCUT2D eigenvalue weighted by Crippen LogP contribution is 2.39. The summed E-state index contributed by atoms with van der Waals surface area (Å²) in [6, 6.07) is 14.6. The number of amides is 2. The van der Waals surface area contributed by atoms with Crippen LogP contribution in [0.4, 0.5) is 4.79 Å². The van der Waals surface area contributed by atoms with Crippen LogP contribution in [0.2, 0.25) is 5.02 Å². The number of carbonyl (C=O) groups excluding carboxylic acids is 2. The first-order chi connectivity index (χ1) is 20.4. The molecular formula is C31H32ClN5O5S. The number of aromatic nitrogens is 2. The maximum atomic E-state index is 12.4. The number of benzene rings is 2. The van der Waals surface area contributed by atoms with E-state index < -0.39 is 17.6 Å². The summed E-state index contributed by atoms with van der Waals surface area (Å²) in [6.45, 7) is 8.42. The van der Waals surface area contributed by atoms with Gasteiger partial charge in [-0.15, -0.1) is 11.3 Å². The number of nitrogens with zero attached hydrogens (tertiary/aromatic N) is 4. The van der Waals surface area contributed by atoms with Gasteiger partial charge in [-0.25, -0.2) is 9.78 Å². The molecule has 1 aliphatic heterocycles. The van der Waals surface area contributed by atoms with Crippen molar-refractivity contribution < 1.29 is 23.8 Å². The van der Waals surface area contributed by atoms with Crippen molar-refractivity contribution in [3.8, 4) is 22.6 Å². The Labute approximate surface area is 258 Å². The number of ether oxygens (including phenoxy) is 3. The Kier molecular flexibility index (Phi) is 8.53. The van der Waals surface area contributed by atoms with Crippen molar-refractivity contribution >= 4 is 46.0 Å². The second kappa shape index (κ2) is 12.1. The van der Waals surface area contributed by atoms with E-state index in [0.717, 1.165) is 5.52 Å². The lowest BCUT2D eigenvalue weighted by Crippen LogP contribution is -2.44. The maximum Gasteiger partial charge on any atom is 0.410 e. The van der Waals surface area contributed by atoms with Crippen molar-refractivity contribution in [3.63, 3.8) is 0 Å². The smallest absolute Gasteiger partial charge is 0.410 e. The van der Waals surface area contributed by atoms with Gasteiger partial charge in [0.15, 0.2) is 0 Å². The number of hydrogen-bond acceptors (Lipinski definition) is 8. The monoisotopic (exact) mass is 621 g/mol. The van der Waals surface area contributed by atoms with Crippen LogP contribution in [0.1, 0.15) is 67.4 Å². The molecule has 224 valence electrons. The van der Waals surface area contributed by atoms with E-state index in [1.807, 2.05) is 39.8 Å². The summed E-state index contributed by atoms with van der Waals surface area (Å²) < 4.78 is 19.8. The van der Waals surface area contributed by atoms with E-state index in [4.69, 9.17) is 31.5 Å². The highest BCUT2D eigenvalue weighted by Gasteiger charge is 2.29. The quantitative estimate of drug-likeness (QED) is 0.245. The lowest BCUT2D eigenvalue weighted by atomic mass is 10.1. The minimum atomic E-state index is -0.624. The molecule has 1 fully saturated rings. The molecule has 0 bridgehead atoms. The predicted octanol–water partition coefficient (Wildman–Crippen LogP) is 6.63. The number of thiophene rings is 1. The number of nitriles is 1. The summed E-state index contributed by atoms with van der Waals surface area (Å²) in [4.78, 5) is 31.1. The SMILES string of the molecule is CC(Oc1cc(-n2cnc3ccc(C#N)cc32)sc1C(N)=O)c1cccc(OC2CCN(C(=O)OC(C)(C)C)CC2)c1Cl. The van der Waals surface area contributed by atoms with Gasteiger partial charge in [0.05, 0.1) is 27.7 Å². The molecule has 1 saturated heterocycles. The zero-order chi connectivity index (χ0) is 30.9. The molecule has 0 spiro atoms. The Morgan fingerprint density at radius 2 is 1.91 bits per heavy atom. The summed E-state index contributed by atoms with van der Waals surface area (Å²) in [6.07, 6.45) is 1.93. The summed E-state index contributed by atoms with van der Waals surface area (Å²) in [7, 11) is 0. The first-order valence-corrected chi connectivity index (χ1v) is 15.0. The summed E-state index contributed by atoms with van der Waals surface area (Å²) in [5.41, 5.74) is 7.78. The Hall–Kier alpha value is -4.27. The highest BCUT2D eigenvalue weighted by atomic mass is 35.5. The number of piperidine rings is 1. The number of imidazole rings is 1. The first-order valence-electron chi connectivity index (χ1n) is 13.8. The molecular weight excluding hydrogens is 590 g/mol.